The summed E-state index contributed by atoms with van der Waals surface area (Å²) >= 11 is 0. The van der Waals surface area contributed by atoms with Crippen LogP contribution >= 0.6 is 0 Å². The van der Waals surface area contributed by atoms with Crippen LogP contribution < -0.4 is 15.5 Å². The molecule has 3 aromatic rings. The normalized spacial score (nSPS) is 10.2. The fraction of sp³-hybridized carbons (Fsp3) is 0.158. The first-order valence-electron chi connectivity index (χ1n) is 8.19. The quantitative estimate of drug-likeness (QED) is 0.712. The van der Waals surface area contributed by atoms with Gasteiger partial charge in [0, 0.05) is 31.9 Å². The van der Waals surface area contributed by atoms with Gasteiger partial charge in [0.15, 0.2) is 5.82 Å². The summed E-state index contributed by atoms with van der Waals surface area (Å²) in [5.74, 6) is 0.988. The summed E-state index contributed by atoms with van der Waals surface area (Å²) in [5, 5.41) is 14.1. The molecule has 0 unspecified atom stereocenters. The second-order valence-electron chi connectivity index (χ2n) is 5.87. The molecule has 2 N–H and O–H groups in total. The lowest BCUT2D eigenvalue weighted by Crippen LogP contribution is -2.19. The van der Waals surface area contributed by atoms with Gasteiger partial charge in [0.2, 0.25) is 11.9 Å². The Morgan fingerprint density at radius 2 is 1.85 bits per heavy atom. The fourth-order valence-electron chi connectivity index (χ4n) is 2.47. The predicted octanol–water partition coefficient (Wildman–Crippen LogP) is 3.21. The van der Waals surface area contributed by atoms with Gasteiger partial charge in [-0.2, -0.15) is 10.1 Å². The minimum absolute atomic E-state index is 0.115. The van der Waals surface area contributed by atoms with Gasteiger partial charge in [-0.25, -0.2) is 0 Å². The predicted molar refractivity (Wildman–Crippen MR) is 102 cm³/mol. The average Bonchev–Trinajstić information content (AvgIpc) is 2.62. The largest absolute Gasteiger partial charge is 0.339 e. The lowest BCUT2D eigenvalue weighted by atomic mass is 10.2. The van der Waals surface area contributed by atoms with Crippen molar-refractivity contribution >= 4 is 29.0 Å². The van der Waals surface area contributed by atoms with E-state index in [1.807, 2.05) is 54.4 Å². The lowest BCUT2D eigenvalue weighted by molar-refractivity contribution is -0.114. The maximum atomic E-state index is 11.2. The molecule has 1 amide bonds. The molecule has 26 heavy (non-hydrogen) atoms. The van der Waals surface area contributed by atoms with Crippen LogP contribution in [0.5, 0.6) is 0 Å². The second kappa shape index (κ2) is 8.06. The first-order valence-corrected chi connectivity index (χ1v) is 8.19. The van der Waals surface area contributed by atoms with Gasteiger partial charge in [0.25, 0.3) is 0 Å². The van der Waals surface area contributed by atoms with Crippen LogP contribution in [0.4, 0.5) is 23.1 Å². The highest BCUT2D eigenvalue weighted by Gasteiger charge is 2.08. The van der Waals surface area contributed by atoms with E-state index in [1.165, 1.54) is 12.5 Å². The van der Waals surface area contributed by atoms with Gasteiger partial charge in [0.1, 0.15) is 0 Å². The highest BCUT2D eigenvalue weighted by Crippen LogP contribution is 2.19. The molecular formula is C19H20N6O. The van der Waals surface area contributed by atoms with E-state index in [2.05, 4.69) is 37.9 Å². The van der Waals surface area contributed by atoms with Crippen LogP contribution in [0.25, 0.3) is 0 Å². The van der Waals surface area contributed by atoms with E-state index in [4.69, 9.17) is 0 Å². The van der Waals surface area contributed by atoms with E-state index in [1.54, 1.807) is 6.20 Å². The third kappa shape index (κ3) is 4.76. The molecule has 0 fully saturated rings. The van der Waals surface area contributed by atoms with E-state index in [9.17, 15) is 4.79 Å². The highest BCUT2D eigenvalue weighted by atomic mass is 16.1. The van der Waals surface area contributed by atoms with Crippen molar-refractivity contribution in [3.63, 3.8) is 0 Å². The molecule has 132 valence electrons. The number of anilines is 4. The number of amides is 1. The Labute approximate surface area is 152 Å². The zero-order valence-corrected chi connectivity index (χ0v) is 14.7. The van der Waals surface area contributed by atoms with Crippen LogP contribution in [-0.2, 0) is 11.3 Å². The van der Waals surface area contributed by atoms with Gasteiger partial charge >= 0.3 is 0 Å². The van der Waals surface area contributed by atoms with E-state index in [-0.39, 0.29) is 5.91 Å². The van der Waals surface area contributed by atoms with Crippen molar-refractivity contribution in [3.05, 3.63) is 66.4 Å². The minimum atomic E-state index is -0.115. The molecule has 0 saturated carbocycles. The third-order valence-electron chi connectivity index (χ3n) is 3.61. The molecule has 3 rings (SSSR count). The molecule has 0 aliphatic rings. The van der Waals surface area contributed by atoms with Crippen LogP contribution in [0.1, 0.15) is 12.5 Å². The van der Waals surface area contributed by atoms with Gasteiger partial charge < -0.3 is 15.5 Å². The van der Waals surface area contributed by atoms with Crippen molar-refractivity contribution in [2.45, 2.75) is 13.5 Å². The van der Waals surface area contributed by atoms with Crippen molar-refractivity contribution in [3.8, 4) is 0 Å². The molecule has 0 atom stereocenters. The Hall–Kier alpha value is -3.48. The van der Waals surface area contributed by atoms with Crippen molar-refractivity contribution < 1.29 is 4.79 Å². The van der Waals surface area contributed by atoms with Gasteiger partial charge in [-0.15, -0.1) is 5.10 Å². The number of carbonyl (C=O) groups excluding carboxylic acids is 1. The van der Waals surface area contributed by atoms with Gasteiger partial charge in [-0.1, -0.05) is 36.4 Å². The first-order chi connectivity index (χ1) is 12.6. The minimum Gasteiger partial charge on any atom is -0.339 e. The summed E-state index contributed by atoms with van der Waals surface area (Å²) in [7, 11) is 1.92. The van der Waals surface area contributed by atoms with Crippen LogP contribution in [0.2, 0.25) is 0 Å². The Bertz CT molecular complexity index is 884. The average molecular weight is 348 g/mol. The second-order valence-corrected chi connectivity index (χ2v) is 5.87. The molecule has 0 saturated heterocycles. The summed E-state index contributed by atoms with van der Waals surface area (Å²) in [4.78, 5) is 17.6. The van der Waals surface area contributed by atoms with Crippen LogP contribution in [0.3, 0.4) is 0 Å². The molecule has 7 heteroatoms. The molecule has 0 spiro atoms. The van der Waals surface area contributed by atoms with Crippen molar-refractivity contribution in [1.29, 1.82) is 0 Å². The maximum Gasteiger partial charge on any atom is 0.247 e. The number of aromatic nitrogens is 3. The highest BCUT2D eigenvalue weighted by molar-refractivity contribution is 5.89. The molecule has 0 aliphatic carbocycles. The summed E-state index contributed by atoms with van der Waals surface area (Å²) in [6.45, 7) is 2.16. The Kier molecular flexibility index (Phi) is 5.38. The maximum absolute atomic E-state index is 11.2. The molecule has 2 aromatic carbocycles. The smallest absolute Gasteiger partial charge is 0.247 e. The number of carbonyl (C=O) groups is 1. The molecule has 7 nitrogen and oxygen atoms in total. The number of hydrogen-bond acceptors (Lipinski definition) is 6. The van der Waals surface area contributed by atoms with Crippen LogP contribution in [0.15, 0.2) is 60.8 Å². The molecule has 1 aromatic heterocycles. The monoisotopic (exact) mass is 348 g/mol. The number of benzene rings is 2. The van der Waals surface area contributed by atoms with E-state index in [0.717, 1.165) is 5.69 Å². The molecule has 0 radical (unpaired) electrons. The SMILES string of the molecule is CC(=O)Nc1cccc(Nc2cnnc(N(C)Cc3ccccc3)n2)c1. The van der Waals surface area contributed by atoms with Gasteiger partial charge in [0.05, 0.1) is 6.20 Å². The molecular weight excluding hydrogens is 328 g/mol. The van der Waals surface area contributed by atoms with E-state index < -0.39 is 0 Å². The first kappa shape index (κ1) is 17.3. The van der Waals surface area contributed by atoms with Gasteiger partial charge in [-0.05, 0) is 23.8 Å². The summed E-state index contributed by atoms with van der Waals surface area (Å²) < 4.78 is 0. The van der Waals surface area contributed by atoms with E-state index in [0.29, 0.717) is 24.0 Å². The van der Waals surface area contributed by atoms with Crippen LogP contribution in [0, 0.1) is 0 Å². The van der Waals surface area contributed by atoms with Crippen LogP contribution in [-0.4, -0.2) is 28.1 Å². The molecule has 0 aliphatic heterocycles. The van der Waals surface area contributed by atoms with E-state index >= 15 is 0 Å². The Morgan fingerprint density at radius 1 is 1.08 bits per heavy atom. The topological polar surface area (TPSA) is 83.0 Å². The number of nitrogens with zero attached hydrogens (tertiary/aromatic N) is 4. The van der Waals surface area contributed by atoms with Crippen molar-refractivity contribution in [2.75, 3.05) is 22.6 Å². The summed E-state index contributed by atoms with van der Waals surface area (Å²) in [6, 6.07) is 17.5. The van der Waals surface area contributed by atoms with Crippen molar-refractivity contribution in [2.24, 2.45) is 0 Å². The zero-order valence-electron chi connectivity index (χ0n) is 14.7. The zero-order chi connectivity index (χ0) is 18.4. The molecule has 1 heterocycles. The fourth-order valence-corrected chi connectivity index (χ4v) is 2.47. The summed E-state index contributed by atoms with van der Waals surface area (Å²) in [6.07, 6.45) is 1.56. The standard InChI is InChI=1S/C19H20N6O/c1-14(26)21-16-9-6-10-17(11-16)22-18-12-20-24-19(23-18)25(2)13-15-7-4-3-5-8-15/h3-12H,13H2,1-2H3,(H,21,26)(H,22,23,24). The number of nitrogens with one attached hydrogen (secondary N) is 2. The number of rotatable bonds is 6. The third-order valence-corrected chi connectivity index (χ3v) is 3.61. The Morgan fingerprint density at radius 3 is 2.62 bits per heavy atom. The summed E-state index contributed by atoms with van der Waals surface area (Å²) in [5.41, 5.74) is 2.68. The molecule has 0 bridgehead atoms. The van der Waals surface area contributed by atoms with Gasteiger partial charge in [-0.3, -0.25) is 4.79 Å². The lowest BCUT2D eigenvalue weighted by Gasteiger charge is -2.17. The number of hydrogen-bond donors (Lipinski definition) is 2. The van der Waals surface area contributed by atoms with Crippen molar-refractivity contribution in [1.82, 2.24) is 15.2 Å². The Balaban J connectivity index is 1.72.